The van der Waals surface area contributed by atoms with Crippen LogP contribution in [0.5, 0.6) is 0 Å². The van der Waals surface area contributed by atoms with Crippen molar-refractivity contribution in [2.24, 2.45) is 0 Å². The number of fused-ring (bicyclic) bond motifs is 1. The van der Waals surface area contributed by atoms with Crippen molar-refractivity contribution in [3.05, 3.63) is 71.9 Å². The fraction of sp³-hybridized carbons (Fsp3) is 0.250. The summed E-state index contributed by atoms with van der Waals surface area (Å²) in [7, 11) is 1.69. The second-order valence-electron chi connectivity index (χ2n) is 5.87. The average molecular weight is 322 g/mol. The summed E-state index contributed by atoms with van der Waals surface area (Å²) in [5.74, 6) is -0.128. The number of aromatic amines is 1. The van der Waals surface area contributed by atoms with Crippen LogP contribution in [0.4, 0.5) is 0 Å². The maximum atomic E-state index is 12.5. The Bertz CT molecular complexity index is 787. The van der Waals surface area contributed by atoms with Crippen LogP contribution in [-0.2, 0) is 10.3 Å². The van der Waals surface area contributed by atoms with E-state index in [-0.39, 0.29) is 5.91 Å². The Kier molecular flexibility index (Phi) is 4.67. The highest BCUT2D eigenvalue weighted by atomic mass is 16.5. The molecule has 0 aliphatic rings. The number of carbonyl (C=O) groups is 1. The average Bonchev–Trinajstić information content (AvgIpc) is 3.08. The number of H-pyrrole nitrogens is 1. The number of ether oxygens (including phenoxy) is 1. The molecule has 0 aliphatic heterocycles. The third kappa shape index (κ3) is 3.05. The molecule has 1 heterocycles. The van der Waals surface area contributed by atoms with Crippen molar-refractivity contribution in [3.63, 3.8) is 0 Å². The highest BCUT2D eigenvalue weighted by Gasteiger charge is 2.30. The fourth-order valence-electron chi connectivity index (χ4n) is 3.02. The maximum Gasteiger partial charge on any atom is 0.267 e. The van der Waals surface area contributed by atoms with Gasteiger partial charge in [-0.2, -0.15) is 0 Å². The third-order valence-electron chi connectivity index (χ3n) is 4.57. The summed E-state index contributed by atoms with van der Waals surface area (Å²) in [6, 6.07) is 19.7. The Labute approximate surface area is 141 Å². The molecule has 1 atom stereocenters. The van der Waals surface area contributed by atoms with Crippen LogP contribution in [0.25, 0.3) is 10.9 Å². The first-order valence-electron chi connectivity index (χ1n) is 8.15. The smallest absolute Gasteiger partial charge is 0.267 e. The van der Waals surface area contributed by atoms with Gasteiger partial charge in [0.1, 0.15) is 11.3 Å². The standard InChI is InChI=1S/C20H22N2O2/c1-3-20(24-2,16-10-5-4-6-11-16)14-21-19(23)18-13-15-9-7-8-12-17(15)22-18/h4-13,22H,3,14H2,1-2H3,(H,21,23). The Morgan fingerprint density at radius 2 is 1.83 bits per heavy atom. The lowest BCUT2D eigenvalue weighted by atomic mass is 9.90. The third-order valence-corrected chi connectivity index (χ3v) is 4.57. The first-order chi connectivity index (χ1) is 11.7. The molecule has 0 spiro atoms. The molecule has 4 nitrogen and oxygen atoms in total. The van der Waals surface area contributed by atoms with Gasteiger partial charge in [-0.15, -0.1) is 0 Å². The largest absolute Gasteiger partial charge is 0.372 e. The van der Waals surface area contributed by atoms with E-state index < -0.39 is 5.60 Å². The molecule has 2 N–H and O–H groups in total. The van der Waals surface area contributed by atoms with Crippen LogP contribution in [0.2, 0.25) is 0 Å². The predicted molar refractivity (Wildman–Crippen MR) is 96.1 cm³/mol. The number of benzene rings is 2. The number of rotatable bonds is 6. The minimum atomic E-state index is -0.525. The lowest BCUT2D eigenvalue weighted by Gasteiger charge is -2.32. The van der Waals surface area contributed by atoms with Crippen LogP contribution in [0, 0.1) is 0 Å². The summed E-state index contributed by atoms with van der Waals surface area (Å²) in [5, 5.41) is 4.03. The van der Waals surface area contributed by atoms with Crippen molar-refractivity contribution in [1.29, 1.82) is 0 Å². The number of para-hydroxylation sites is 1. The summed E-state index contributed by atoms with van der Waals surface area (Å²) < 4.78 is 5.79. The Hall–Kier alpha value is -2.59. The van der Waals surface area contributed by atoms with Gasteiger partial charge in [-0.3, -0.25) is 4.79 Å². The van der Waals surface area contributed by atoms with E-state index in [9.17, 15) is 4.79 Å². The molecule has 1 amide bonds. The summed E-state index contributed by atoms with van der Waals surface area (Å²) in [4.78, 5) is 15.7. The molecule has 0 saturated carbocycles. The number of amides is 1. The van der Waals surface area contributed by atoms with Gasteiger partial charge in [-0.05, 0) is 24.1 Å². The van der Waals surface area contributed by atoms with Crippen LogP contribution < -0.4 is 5.32 Å². The number of nitrogens with one attached hydrogen (secondary N) is 2. The SMILES string of the molecule is CCC(CNC(=O)c1cc2ccccc2[nH]1)(OC)c1ccccc1. The second kappa shape index (κ2) is 6.89. The van der Waals surface area contributed by atoms with Crippen molar-refractivity contribution in [2.45, 2.75) is 18.9 Å². The van der Waals surface area contributed by atoms with E-state index in [2.05, 4.69) is 17.2 Å². The molecule has 0 radical (unpaired) electrons. The van der Waals surface area contributed by atoms with E-state index in [0.29, 0.717) is 12.2 Å². The maximum absolute atomic E-state index is 12.5. The van der Waals surface area contributed by atoms with Gasteiger partial charge >= 0.3 is 0 Å². The minimum absolute atomic E-state index is 0.128. The van der Waals surface area contributed by atoms with E-state index in [1.807, 2.05) is 60.7 Å². The molecule has 1 unspecified atom stereocenters. The van der Waals surface area contributed by atoms with E-state index >= 15 is 0 Å². The molecule has 0 aliphatic carbocycles. The van der Waals surface area contributed by atoms with Crippen molar-refractivity contribution in [3.8, 4) is 0 Å². The van der Waals surface area contributed by atoms with Gasteiger partial charge in [0, 0.05) is 18.0 Å². The van der Waals surface area contributed by atoms with Crippen LogP contribution in [0.1, 0.15) is 29.4 Å². The van der Waals surface area contributed by atoms with Crippen molar-refractivity contribution >= 4 is 16.8 Å². The van der Waals surface area contributed by atoms with Crippen LogP contribution in [0.3, 0.4) is 0 Å². The highest BCUT2D eigenvalue weighted by Crippen LogP contribution is 2.28. The molecule has 0 fully saturated rings. The number of hydrogen-bond acceptors (Lipinski definition) is 2. The van der Waals surface area contributed by atoms with Gasteiger partial charge in [0.2, 0.25) is 0 Å². The molecule has 1 aromatic heterocycles. The molecule has 2 aromatic carbocycles. The molecule has 24 heavy (non-hydrogen) atoms. The van der Waals surface area contributed by atoms with Gasteiger partial charge in [-0.25, -0.2) is 0 Å². The first kappa shape index (κ1) is 16.3. The van der Waals surface area contributed by atoms with Gasteiger partial charge in [-0.1, -0.05) is 55.5 Å². The van der Waals surface area contributed by atoms with Gasteiger partial charge in [0.05, 0.1) is 6.54 Å². The number of methoxy groups -OCH3 is 1. The van der Waals surface area contributed by atoms with Gasteiger partial charge in [0.25, 0.3) is 5.91 Å². The lowest BCUT2D eigenvalue weighted by molar-refractivity contribution is -0.0164. The summed E-state index contributed by atoms with van der Waals surface area (Å²) in [6.45, 7) is 2.48. The molecule has 3 aromatic rings. The summed E-state index contributed by atoms with van der Waals surface area (Å²) in [5.41, 5.74) is 2.06. The zero-order valence-electron chi connectivity index (χ0n) is 14.0. The quantitative estimate of drug-likeness (QED) is 0.724. The zero-order chi connectivity index (χ0) is 17.0. The number of carbonyl (C=O) groups excluding carboxylic acids is 1. The molecule has 0 saturated heterocycles. The Balaban J connectivity index is 1.78. The van der Waals surface area contributed by atoms with Crippen LogP contribution in [-0.4, -0.2) is 24.5 Å². The molecule has 4 heteroatoms. The predicted octanol–water partition coefficient (Wildman–Crippen LogP) is 3.85. The van der Waals surface area contributed by atoms with E-state index in [1.165, 1.54) is 0 Å². The number of hydrogen-bond donors (Lipinski definition) is 2. The van der Waals surface area contributed by atoms with Crippen LogP contribution in [0.15, 0.2) is 60.7 Å². The zero-order valence-corrected chi connectivity index (χ0v) is 14.0. The van der Waals surface area contributed by atoms with Gasteiger partial charge < -0.3 is 15.0 Å². The molecular weight excluding hydrogens is 300 g/mol. The molecule has 3 rings (SSSR count). The number of aromatic nitrogens is 1. The van der Waals surface area contributed by atoms with Crippen molar-refractivity contribution < 1.29 is 9.53 Å². The lowest BCUT2D eigenvalue weighted by Crippen LogP contribution is -2.42. The van der Waals surface area contributed by atoms with E-state index in [1.54, 1.807) is 7.11 Å². The molecule has 0 bridgehead atoms. The topological polar surface area (TPSA) is 54.1 Å². The fourth-order valence-corrected chi connectivity index (χ4v) is 3.02. The van der Waals surface area contributed by atoms with Crippen molar-refractivity contribution in [1.82, 2.24) is 10.3 Å². The first-order valence-corrected chi connectivity index (χ1v) is 8.15. The van der Waals surface area contributed by atoms with Crippen molar-refractivity contribution in [2.75, 3.05) is 13.7 Å². The van der Waals surface area contributed by atoms with Gasteiger partial charge in [0.15, 0.2) is 0 Å². The second-order valence-corrected chi connectivity index (χ2v) is 5.87. The highest BCUT2D eigenvalue weighted by molar-refractivity contribution is 5.98. The Morgan fingerprint density at radius 1 is 1.12 bits per heavy atom. The van der Waals surface area contributed by atoms with E-state index in [4.69, 9.17) is 4.74 Å². The summed E-state index contributed by atoms with van der Waals surface area (Å²) in [6.07, 6.45) is 0.764. The molecular formula is C20H22N2O2. The Morgan fingerprint density at radius 3 is 2.50 bits per heavy atom. The van der Waals surface area contributed by atoms with Crippen LogP contribution >= 0.6 is 0 Å². The molecule has 124 valence electrons. The normalized spacial score (nSPS) is 13.6. The van der Waals surface area contributed by atoms with E-state index in [0.717, 1.165) is 22.9 Å². The monoisotopic (exact) mass is 322 g/mol. The minimum Gasteiger partial charge on any atom is -0.372 e. The summed E-state index contributed by atoms with van der Waals surface area (Å²) >= 11 is 0.